The standard InChI is InChI=1S/C20H29N3OS/c1-15-8-5-9-17(16(15)2)23(13-7-12-21)20(24)14-22(3)18-10-6-11-19(18)25-4/h5,8-9,18-19H,6-7,10-11,13-14H2,1-4H3/t18-,19+/m1/s1. The van der Waals surface area contributed by atoms with Gasteiger partial charge >= 0.3 is 0 Å². The van der Waals surface area contributed by atoms with Crippen molar-refractivity contribution >= 4 is 23.4 Å². The van der Waals surface area contributed by atoms with Crippen LogP contribution in [0, 0.1) is 25.2 Å². The van der Waals surface area contributed by atoms with Gasteiger partial charge in [-0.3, -0.25) is 9.69 Å². The number of carbonyl (C=O) groups is 1. The molecule has 0 saturated heterocycles. The van der Waals surface area contributed by atoms with E-state index in [-0.39, 0.29) is 5.91 Å². The Balaban J connectivity index is 2.16. The van der Waals surface area contributed by atoms with Gasteiger partial charge in [0.05, 0.1) is 19.0 Å². The lowest BCUT2D eigenvalue weighted by Crippen LogP contribution is -2.45. The van der Waals surface area contributed by atoms with Gasteiger partial charge in [-0.25, -0.2) is 0 Å². The summed E-state index contributed by atoms with van der Waals surface area (Å²) in [6, 6.07) is 8.66. The van der Waals surface area contributed by atoms with Gasteiger partial charge in [-0.15, -0.1) is 0 Å². The second-order valence-electron chi connectivity index (χ2n) is 6.86. The summed E-state index contributed by atoms with van der Waals surface area (Å²) in [6.45, 7) is 4.95. The Bertz CT molecular complexity index is 640. The molecule has 25 heavy (non-hydrogen) atoms. The normalized spacial score (nSPS) is 19.8. The molecule has 136 valence electrons. The van der Waals surface area contributed by atoms with Gasteiger partial charge in [0.2, 0.25) is 5.91 Å². The molecule has 0 unspecified atom stereocenters. The largest absolute Gasteiger partial charge is 0.310 e. The van der Waals surface area contributed by atoms with Crippen molar-refractivity contribution in [3.63, 3.8) is 0 Å². The minimum absolute atomic E-state index is 0.0817. The zero-order valence-corrected chi connectivity index (χ0v) is 16.6. The van der Waals surface area contributed by atoms with Crippen LogP contribution in [0.4, 0.5) is 5.69 Å². The summed E-state index contributed by atoms with van der Waals surface area (Å²) < 4.78 is 0. The monoisotopic (exact) mass is 359 g/mol. The summed E-state index contributed by atoms with van der Waals surface area (Å²) >= 11 is 1.91. The van der Waals surface area contributed by atoms with Crippen molar-refractivity contribution in [3.05, 3.63) is 29.3 Å². The van der Waals surface area contributed by atoms with Crippen LogP contribution in [0.15, 0.2) is 18.2 Å². The van der Waals surface area contributed by atoms with Crippen LogP contribution in [0.2, 0.25) is 0 Å². The molecule has 1 aromatic carbocycles. The van der Waals surface area contributed by atoms with E-state index in [9.17, 15) is 4.79 Å². The molecule has 5 heteroatoms. The number of hydrogen-bond acceptors (Lipinski definition) is 4. The number of nitrogens with zero attached hydrogens (tertiary/aromatic N) is 3. The molecule has 4 nitrogen and oxygen atoms in total. The molecule has 1 fully saturated rings. The molecule has 1 aliphatic rings. The van der Waals surface area contributed by atoms with Crippen LogP contribution in [0.5, 0.6) is 0 Å². The van der Waals surface area contributed by atoms with Crippen molar-refractivity contribution < 1.29 is 4.79 Å². The van der Waals surface area contributed by atoms with Gasteiger partial charge in [0.25, 0.3) is 0 Å². The smallest absolute Gasteiger partial charge is 0.241 e. The maximum Gasteiger partial charge on any atom is 0.241 e. The van der Waals surface area contributed by atoms with Crippen molar-refractivity contribution in [3.8, 4) is 6.07 Å². The molecule has 1 amide bonds. The molecular weight excluding hydrogens is 330 g/mol. The molecule has 0 heterocycles. The topological polar surface area (TPSA) is 47.3 Å². The minimum atomic E-state index is 0.0817. The third-order valence-corrected chi connectivity index (χ3v) is 6.44. The summed E-state index contributed by atoms with van der Waals surface area (Å²) in [4.78, 5) is 17.0. The predicted octanol–water partition coefficient (Wildman–Crippen LogP) is 3.77. The summed E-state index contributed by atoms with van der Waals surface area (Å²) in [5, 5.41) is 9.60. The van der Waals surface area contributed by atoms with E-state index in [2.05, 4.69) is 37.3 Å². The number of amides is 1. The van der Waals surface area contributed by atoms with E-state index in [4.69, 9.17) is 5.26 Å². The van der Waals surface area contributed by atoms with Crippen molar-refractivity contribution in [2.45, 2.75) is 50.8 Å². The lowest BCUT2D eigenvalue weighted by atomic mass is 10.1. The summed E-state index contributed by atoms with van der Waals surface area (Å²) in [6.07, 6.45) is 6.15. The Morgan fingerprint density at radius 3 is 2.80 bits per heavy atom. The molecule has 1 aromatic rings. The number of anilines is 1. The molecule has 0 N–H and O–H groups in total. The fourth-order valence-electron chi connectivity index (χ4n) is 3.67. The number of hydrogen-bond donors (Lipinski definition) is 0. The quantitative estimate of drug-likeness (QED) is 0.743. The van der Waals surface area contributed by atoms with Gasteiger partial charge < -0.3 is 4.90 Å². The Labute approximate surface area is 156 Å². The number of benzene rings is 1. The third-order valence-electron chi connectivity index (χ3n) is 5.29. The molecule has 0 aliphatic heterocycles. The van der Waals surface area contributed by atoms with Crippen LogP contribution >= 0.6 is 11.8 Å². The van der Waals surface area contributed by atoms with Crippen LogP contribution in [0.25, 0.3) is 0 Å². The first kappa shape index (κ1) is 19.8. The Morgan fingerprint density at radius 2 is 2.12 bits per heavy atom. The average molecular weight is 360 g/mol. The first-order valence-corrected chi connectivity index (χ1v) is 10.2. The number of thioether (sulfide) groups is 1. The van der Waals surface area contributed by atoms with E-state index >= 15 is 0 Å². The number of aryl methyl sites for hydroxylation is 1. The molecule has 0 bridgehead atoms. The second-order valence-corrected chi connectivity index (χ2v) is 7.94. The summed E-state index contributed by atoms with van der Waals surface area (Å²) in [7, 11) is 2.06. The van der Waals surface area contributed by atoms with E-state index in [0.717, 1.165) is 17.7 Å². The van der Waals surface area contributed by atoms with Gasteiger partial charge in [-0.1, -0.05) is 18.6 Å². The SMILES string of the molecule is CS[C@H]1CCC[C@H]1N(C)CC(=O)N(CCC#N)c1cccc(C)c1C. The number of rotatable bonds is 7. The van der Waals surface area contributed by atoms with Crippen LogP contribution in [-0.2, 0) is 4.79 Å². The zero-order valence-electron chi connectivity index (χ0n) is 15.8. The molecule has 1 aliphatic carbocycles. The molecule has 1 saturated carbocycles. The number of nitriles is 1. The van der Waals surface area contributed by atoms with Gasteiger partial charge in [0.1, 0.15) is 0 Å². The van der Waals surface area contributed by atoms with Crippen LogP contribution in [0.1, 0.15) is 36.8 Å². The van der Waals surface area contributed by atoms with Crippen LogP contribution in [0.3, 0.4) is 0 Å². The Morgan fingerprint density at radius 1 is 1.36 bits per heavy atom. The van der Waals surface area contributed by atoms with Gasteiger partial charge in [-0.05, 0) is 57.2 Å². The van der Waals surface area contributed by atoms with Gasteiger partial charge in [0.15, 0.2) is 0 Å². The van der Waals surface area contributed by atoms with Crippen LogP contribution in [-0.4, -0.2) is 48.5 Å². The molecule has 0 aromatic heterocycles. The molecule has 0 radical (unpaired) electrons. The third kappa shape index (κ3) is 4.77. The number of carbonyl (C=O) groups excluding carboxylic acids is 1. The van der Waals surface area contributed by atoms with Crippen molar-refractivity contribution in [1.82, 2.24) is 4.90 Å². The average Bonchev–Trinajstić information content (AvgIpc) is 3.07. The maximum atomic E-state index is 13.0. The van der Waals surface area contributed by atoms with Crippen molar-refractivity contribution in [2.24, 2.45) is 0 Å². The highest BCUT2D eigenvalue weighted by Gasteiger charge is 2.31. The second kappa shape index (κ2) is 9.26. The number of likely N-dealkylation sites (N-methyl/N-ethyl adjacent to an activating group) is 1. The highest BCUT2D eigenvalue weighted by molar-refractivity contribution is 7.99. The van der Waals surface area contributed by atoms with Crippen LogP contribution < -0.4 is 4.90 Å². The molecular formula is C20H29N3OS. The first-order chi connectivity index (χ1) is 12.0. The van der Waals surface area contributed by atoms with Gasteiger partial charge in [0, 0.05) is 23.5 Å². The van der Waals surface area contributed by atoms with E-state index in [1.54, 1.807) is 4.90 Å². The fraction of sp³-hybridized carbons (Fsp3) is 0.600. The highest BCUT2D eigenvalue weighted by Crippen LogP contribution is 2.31. The zero-order chi connectivity index (χ0) is 18.4. The molecule has 2 rings (SSSR count). The fourth-order valence-corrected chi connectivity index (χ4v) is 4.73. The van der Waals surface area contributed by atoms with Gasteiger partial charge in [-0.2, -0.15) is 17.0 Å². The summed E-state index contributed by atoms with van der Waals surface area (Å²) in [5.74, 6) is 0.0817. The Kier molecular flexibility index (Phi) is 7.34. The highest BCUT2D eigenvalue weighted by atomic mass is 32.2. The van der Waals surface area contributed by atoms with E-state index in [1.165, 1.54) is 18.4 Å². The minimum Gasteiger partial charge on any atom is -0.310 e. The van der Waals surface area contributed by atoms with E-state index < -0.39 is 0 Å². The summed E-state index contributed by atoms with van der Waals surface area (Å²) in [5.41, 5.74) is 3.21. The lowest BCUT2D eigenvalue weighted by Gasteiger charge is -2.31. The lowest BCUT2D eigenvalue weighted by molar-refractivity contribution is -0.119. The molecule has 0 spiro atoms. The Hall–Kier alpha value is -1.51. The predicted molar refractivity (Wildman–Crippen MR) is 106 cm³/mol. The van der Waals surface area contributed by atoms with Crippen molar-refractivity contribution in [2.75, 3.05) is 31.3 Å². The van der Waals surface area contributed by atoms with E-state index in [1.807, 2.05) is 30.8 Å². The first-order valence-electron chi connectivity index (χ1n) is 8.96. The maximum absolute atomic E-state index is 13.0. The van der Waals surface area contributed by atoms with E-state index in [0.29, 0.717) is 30.8 Å². The molecule has 2 atom stereocenters. The van der Waals surface area contributed by atoms with Crippen molar-refractivity contribution in [1.29, 1.82) is 5.26 Å².